The summed E-state index contributed by atoms with van der Waals surface area (Å²) in [5.41, 5.74) is 1.98. The molecule has 0 aromatic heterocycles. The number of nitrogens with zero attached hydrogens (tertiary/aromatic N) is 1. The summed E-state index contributed by atoms with van der Waals surface area (Å²) >= 11 is 0. The van der Waals surface area contributed by atoms with E-state index in [1.54, 1.807) is 12.3 Å². The third kappa shape index (κ3) is 3.86. The zero-order valence-electron chi connectivity index (χ0n) is 7.96. The van der Waals surface area contributed by atoms with Crippen molar-refractivity contribution in [3.8, 4) is 0 Å². The lowest BCUT2D eigenvalue weighted by molar-refractivity contribution is 1.06. The van der Waals surface area contributed by atoms with Gasteiger partial charge in [-0.3, -0.25) is 4.99 Å². The van der Waals surface area contributed by atoms with Gasteiger partial charge in [0.15, 0.2) is 0 Å². The van der Waals surface area contributed by atoms with Crippen molar-refractivity contribution in [2.24, 2.45) is 10.9 Å². The summed E-state index contributed by atoms with van der Waals surface area (Å²) in [6.45, 7) is 9.43. The van der Waals surface area contributed by atoms with Crippen LogP contribution in [-0.4, -0.2) is 11.9 Å². The summed E-state index contributed by atoms with van der Waals surface area (Å²) in [5.74, 6) is 0.124. The predicted octanol–water partition coefficient (Wildman–Crippen LogP) is 2.82. The fourth-order valence-corrected chi connectivity index (χ4v) is 0.495. The van der Waals surface area contributed by atoms with E-state index in [0.29, 0.717) is 0 Å². The second kappa shape index (κ2) is 5.47. The van der Waals surface area contributed by atoms with Crippen LogP contribution in [0, 0.1) is 11.3 Å². The molecule has 0 aliphatic rings. The smallest absolute Gasteiger partial charge is 0.0296 e. The molecule has 0 spiro atoms. The van der Waals surface area contributed by atoms with Crippen molar-refractivity contribution in [2.75, 3.05) is 0 Å². The summed E-state index contributed by atoms with van der Waals surface area (Å²) in [5, 5.41) is 7.02. The van der Waals surface area contributed by atoms with Gasteiger partial charge in [-0.15, -0.1) is 0 Å². The number of rotatable bonds is 4. The zero-order chi connectivity index (χ0) is 9.56. The number of allylic oxidation sites excluding steroid dienone is 2. The molecule has 1 atom stereocenters. The van der Waals surface area contributed by atoms with E-state index < -0.39 is 0 Å². The highest BCUT2D eigenvalue weighted by molar-refractivity contribution is 5.96. The minimum atomic E-state index is 0.124. The van der Waals surface area contributed by atoms with Gasteiger partial charge >= 0.3 is 0 Å². The van der Waals surface area contributed by atoms with Gasteiger partial charge < -0.3 is 5.41 Å². The van der Waals surface area contributed by atoms with E-state index in [4.69, 9.17) is 5.41 Å². The summed E-state index contributed by atoms with van der Waals surface area (Å²) in [4.78, 5) is 4.20. The Morgan fingerprint density at radius 1 is 1.50 bits per heavy atom. The van der Waals surface area contributed by atoms with Crippen molar-refractivity contribution >= 4 is 11.9 Å². The van der Waals surface area contributed by atoms with Gasteiger partial charge in [0.1, 0.15) is 0 Å². The van der Waals surface area contributed by atoms with E-state index in [2.05, 4.69) is 11.6 Å². The molecule has 0 saturated carbocycles. The van der Waals surface area contributed by atoms with Crippen LogP contribution in [0.1, 0.15) is 20.8 Å². The average molecular weight is 164 g/mol. The maximum atomic E-state index is 7.02. The number of hydrogen-bond donors (Lipinski definition) is 1. The molecule has 0 aliphatic heterocycles. The summed E-state index contributed by atoms with van der Waals surface area (Å²) < 4.78 is 0. The molecule has 0 radical (unpaired) electrons. The van der Waals surface area contributed by atoms with Crippen LogP contribution in [-0.2, 0) is 0 Å². The van der Waals surface area contributed by atoms with Crippen LogP contribution in [0.3, 0.4) is 0 Å². The molecule has 0 amide bonds. The quantitative estimate of drug-likeness (QED) is 0.490. The molecule has 0 aliphatic carbocycles. The molecule has 0 bridgehead atoms. The monoisotopic (exact) mass is 164 g/mol. The van der Waals surface area contributed by atoms with Crippen molar-refractivity contribution in [3.63, 3.8) is 0 Å². The Balaban J connectivity index is 4.36. The Kier molecular flexibility index (Phi) is 4.93. The Morgan fingerprint density at radius 2 is 2.08 bits per heavy atom. The molecule has 1 N–H and O–H groups in total. The molecule has 0 saturated heterocycles. The molecule has 0 heterocycles. The maximum Gasteiger partial charge on any atom is 0.0296 e. The fraction of sp³-hybridized carbons (Fsp3) is 0.400. The van der Waals surface area contributed by atoms with E-state index in [9.17, 15) is 0 Å². The van der Waals surface area contributed by atoms with E-state index in [1.165, 1.54) is 6.21 Å². The number of hydrogen-bond acceptors (Lipinski definition) is 2. The van der Waals surface area contributed by atoms with Gasteiger partial charge in [-0.25, -0.2) is 0 Å². The van der Waals surface area contributed by atoms with Crippen molar-refractivity contribution in [2.45, 2.75) is 20.8 Å². The first-order valence-electron chi connectivity index (χ1n) is 3.96. The predicted molar refractivity (Wildman–Crippen MR) is 55.0 cm³/mol. The fourth-order valence-electron chi connectivity index (χ4n) is 0.495. The average Bonchev–Trinajstić information content (AvgIpc) is 2.11. The van der Waals surface area contributed by atoms with Crippen LogP contribution in [0.4, 0.5) is 0 Å². The molecule has 12 heavy (non-hydrogen) atoms. The molecule has 0 aromatic rings. The lowest BCUT2D eigenvalue weighted by Crippen LogP contribution is -2.06. The lowest BCUT2D eigenvalue weighted by atomic mass is 10.1. The Bertz CT molecular complexity index is 224. The third-order valence-corrected chi connectivity index (χ3v) is 1.70. The highest BCUT2D eigenvalue weighted by atomic mass is 14.7. The SMILES string of the molecule is C=C/C(C)=C\N=C(\C)C(C)C=N. The van der Waals surface area contributed by atoms with Crippen LogP contribution in [0.15, 0.2) is 29.4 Å². The maximum absolute atomic E-state index is 7.02. The van der Waals surface area contributed by atoms with Crippen molar-refractivity contribution in [1.29, 1.82) is 5.41 Å². The third-order valence-electron chi connectivity index (χ3n) is 1.70. The standard InChI is InChI=1S/C10H16N2/c1-5-8(2)7-12-10(4)9(3)6-11/h5-7,9,11H,1H2,2-4H3/b8-7-,11-6?,12-10-. The lowest BCUT2D eigenvalue weighted by Gasteiger charge is -2.01. The zero-order valence-corrected chi connectivity index (χ0v) is 7.96. The van der Waals surface area contributed by atoms with E-state index in [0.717, 1.165) is 11.3 Å². The van der Waals surface area contributed by atoms with Gasteiger partial charge in [0, 0.05) is 24.0 Å². The van der Waals surface area contributed by atoms with Gasteiger partial charge in [-0.1, -0.05) is 19.6 Å². The minimum Gasteiger partial charge on any atom is -0.312 e. The van der Waals surface area contributed by atoms with E-state index >= 15 is 0 Å². The molecular formula is C10H16N2. The van der Waals surface area contributed by atoms with Crippen LogP contribution in [0.25, 0.3) is 0 Å². The van der Waals surface area contributed by atoms with Crippen LogP contribution >= 0.6 is 0 Å². The van der Waals surface area contributed by atoms with Gasteiger partial charge in [-0.2, -0.15) is 0 Å². The van der Waals surface area contributed by atoms with Crippen molar-refractivity contribution in [3.05, 3.63) is 24.4 Å². The number of aliphatic imine (C=N–C) groups is 1. The summed E-state index contributed by atoms with van der Waals surface area (Å²) in [6, 6.07) is 0. The van der Waals surface area contributed by atoms with Crippen molar-refractivity contribution in [1.82, 2.24) is 0 Å². The van der Waals surface area contributed by atoms with Gasteiger partial charge in [0.05, 0.1) is 0 Å². The van der Waals surface area contributed by atoms with Gasteiger partial charge in [-0.05, 0) is 19.4 Å². The second-order valence-corrected chi connectivity index (χ2v) is 2.80. The molecule has 0 rings (SSSR count). The molecule has 66 valence electrons. The van der Waals surface area contributed by atoms with Crippen LogP contribution < -0.4 is 0 Å². The summed E-state index contributed by atoms with van der Waals surface area (Å²) in [7, 11) is 0. The minimum absolute atomic E-state index is 0.124. The molecule has 0 aromatic carbocycles. The largest absolute Gasteiger partial charge is 0.312 e. The summed E-state index contributed by atoms with van der Waals surface area (Å²) in [6.07, 6.45) is 4.91. The first kappa shape index (κ1) is 10.8. The first-order chi connectivity index (χ1) is 5.61. The Hall–Kier alpha value is -1.18. The molecule has 0 fully saturated rings. The first-order valence-corrected chi connectivity index (χ1v) is 3.96. The second-order valence-electron chi connectivity index (χ2n) is 2.80. The Morgan fingerprint density at radius 3 is 2.50 bits per heavy atom. The van der Waals surface area contributed by atoms with Crippen LogP contribution in [0.2, 0.25) is 0 Å². The Labute approximate surface area is 74.2 Å². The van der Waals surface area contributed by atoms with Gasteiger partial charge in [0.2, 0.25) is 0 Å². The number of nitrogens with one attached hydrogen (secondary N) is 1. The highest BCUT2D eigenvalue weighted by Crippen LogP contribution is 1.98. The van der Waals surface area contributed by atoms with E-state index in [-0.39, 0.29) is 5.92 Å². The highest BCUT2D eigenvalue weighted by Gasteiger charge is 1.98. The topological polar surface area (TPSA) is 36.2 Å². The molecular weight excluding hydrogens is 148 g/mol. The van der Waals surface area contributed by atoms with Gasteiger partial charge in [0.25, 0.3) is 0 Å². The van der Waals surface area contributed by atoms with E-state index in [1.807, 2.05) is 20.8 Å². The normalized spacial score (nSPS) is 15.6. The molecule has 2 nitrogen and oxygen atoms in total. The molecule has 1 unspecified atom stereocenters. The van der Waals surface area contributed by atoms with Crippen molar-refractivity contribution < 1.29 is 0 Å². The van der Waals surface area contributed by atoms with Crippen LogP contribution in [0.5, 0.6) is 0 Å². The molecule has 2 heteroatoms.